The summed E-state index contributed by atoms with van der Waals surface area (Å²) in [7, 11) is 2.29. The van der Waals surface area contributed by atoms with Crippen LogP contribution in [0.1, 0.15) is 50.2 Å². The maximum absolute atomic E-state index is 3.71. The Bertz CT molecular complexity index is 402. The van der Waals surface area contributed by atoms with Gasteiger partial charge >= 0.3 is 0 Å². The molecule has 0 spiro atoms. The van der Waals surface area contributed by atoms with Crippen molar-refractivity contribution in [3.63, 3.8) is 0 Å². The monoisotopic (exact) mass is 274 g/mol. The molecule has 2 unspecified atom stereocenters. The molecule has 0 heterocycles. The van der Waals surface area contributed by atoms with E-state index < -0.39 is 0 Å². The lowest BCUT2D eigenvalue weighted by Crippen LogP contribution is -2.47. The van der Waals surface area contributed by atoms with Gasteiger partial charge in [0, 0.05) is 18.6 Å². The number of hydrogen-bond donors (Lipinski definition) is 1. The van der Waals surface area contributed by atoms with Gasteiger partial charge in [-0.1, -0.05) is 56.0 Å². The van der Waals surface area contributed by atoms with Crippen molar-refractivity contribution < 1.29 is 0 Å². The van der Waals surface area contributed by atoms with Gasteiger partial charge in [0.25, 0.3) is 0 Å². The second-order valence-electron chi connectivity index (χ2n) is 6.27. The van der Waals surface area contributed by atoms with Crippen molar-refractivity contribution in [2.24, 2.45) is 0 Å². The number of nitrogens with zero attached hydrogens (tertiary/aromatic N) is 1. The average molecular weight is 274 g/mol. The number of rotatable bonds is 5. The molecule has 1 aromatic carbocycles. The highest BCUT2D eigenvalue weighted by Crippen LogP contribution is 2.23. The van der Waals surface area contributed by atoms with Crippen molar-refractivity contribution in [2.45, 2.75) is 64.6 Å². The molecule has 1 aliphatic carbocycles. The van der Waals surface area contributed by atoms with Crippen molar-refractivity contribution >= 4 is 0 Å². The normalized spacial score (nSPS) is 23.8. The Hall–Kier alpha value is -0.860. The molecule has 0 radical (unpaired) electrons. The van der Waals surface area contributed by atoms with Crippen LogP contribution >= 0.6 is 0 Å². The summed E-state index contributed by atoms with van der Waals surface area (Å²) in [6.07, 6.45) is 6.82. The van der Waals surface area contributed by atoms with Crippen molar-refractivity contribution in [3.05, 3.63) is 35.4 Å². The van der Waals surface area contributed by atoms with Gasteiger partial charge in [-0.05, 0) is 38.9 Å². The van der Waals surface area contributed by atoms with Crippen molar-refractivity contribution in [1.29, 1.82) is 0 Å². The van der Waals surface area contributed by atoms with Crippen molar-refractivity contribution in [3.8, 4) is 0 Å². The molecule has 2 nitrogen and oxygen atoms in total. The second-order valence-corrected chi connectivity index (χ2v) is 6.27. The molecule has 1 N–H and O–H groups in total. The summed E-state index contributed by atoms with van der Waals surface area (Å²) in [6, 6.07) is 10.3. The van der Waals surface area contributed by atoms with E-state index in [4.69, 9.17) is 0 Å². The van der Waals surface area contributed by atoms with Crippen LogP contribution in [0, 0.1) is 6.92 Å². The summed E-state index contributed by atoms with van der Waals surface area (Å²) in [6.45, 7) is 6.55. The molecule has 0 saturated heterocycles. The standard InChI is InChI=1S/C18H30N2/c1-4-19-17-11-6-5-7-12-18(17)20(3)14-16-10-8-9-15(2)13-16/h8-10,13,17-19H,4-7,11-12,14H2,1-3H3. The van der Waals surface area contributed by atoms with Crippen LogP contribution in [0.5, 0.6) is 0 Å². The van der Waals surface area contributed by atoms with Crippen LogP contribution in [0.4, 0.5) is 0 Å². The van der Waals surface area contributed by atoms with Crippen LogP contribution in [0.3, 0.4) is 0 Å². The molecule has 0 aromatic heterocycles. The zero-order chi connectivity index (χ0) is 14.4. The van der Waals surface area contributed by atoms with Crippen LogP contribution in [-0.4, -0.2) is 30.6 Å². The number of hydrogen-bond acceptors (Lipinski definition) is 2. The summed E-state index contributed by atoms with van der Waals surface area (Å²) in [5.41, 5.74) is 2.80. The number of nitrogens with one attached hydrogen (secondary N) is 1. The highest BCUT2D eigenvalue weighted by molar-refractivity contribution is 5.22. The lowest BCUT2D eigenvalue weighted by molar-refractivity contribution is 0.175. The molecule has 1 aromatic rings. The predicted octanol–water partition coefficient (Wildman–Crippen LogP) is 3.74. The first-order chi connectivity index (χ1) is 9.70. The van der Waals surface area contributed by atoms with Crippen LogP contribution in [-0.2, 0) is 6.54 Å². The SMILES string of the molecule is CCNC1CCCCCC1N(C)Cc1cccc(C)c1. The van der Waals surface area contributed by atoms with Gasteiger partial charge in [-0.3, -0.25) is 4.90 Å². The Morgan fingerprint density at radius 3 is 2.75 bits per heavy atom. The first kappa shape index (κ1) is 15.5. The minimum Gasteiger partial charge on any atom is -0.313 e. The molecular weight excluding hydrogens is 244 g/mol. The molecule has 0 amide bonds. The van der Waals surface area contributed by atoms with Crippen LogP contribution < -0.4 is 5.32 Å². The molecule has 112 valence electrons. The van der Waals surface area contributed by atoms with E-state index in [2.05, 4.69) is 55.4 Å². The Kier molecular flexibility index (Phi) is 6.06. The van der Waals surface area contributed by atoms with Gasteiger partial charge in [-0.25, -0.2) is 0 Å². The van der Waals surface area contributed by atoms with Gasteiger partial charge in [0.15, 0.2) is 0 Å². The topological polar surface area (TPSA) is 15.3 Å². The second kappa shape index (κ2) is 7.80. The first-order valence-corrected chi connectivity index (χ1v) is 8.20. The van der Waals surface area contributed by atoms with Crippen LogP contribution in [0.25, 0.3) is 0 Å². The zero-order valence-electron chi connectivity index (χ0n) is 13.4. The summed E-state index contributed by atoms with van der Waals surface area (Å²) >= 11 is 0. The van der Waals surface area contributed by atoms with Gasteiger partial charge in [0.1, 0.15) is 0 Å². The minimum atomic E-state index is 0.664. The Morgan fingerprint density at radius 1 is 1.20 bits per heavy atom. The van der Waals surface area contributed by atoms with E-state index in [9.17, 15) is 0 Å². The highest BCUT2D eigenvalue weighted by atomic mass is 15.2. The van der Waals surface area contributed by atoms with E-state index in [-0.39, 0.29) is 0 Å². The van der Waals surface area contributed by atoms with Crippen LogP contribution in [0.2, 0.25) is 0 Å². The molecule has 1 aliphatic rings. The Balaban J connectivity index is 2.02. The van der Waals surface area contributed by atoms with Crippen molar-refractivity contribution in [1.82, 2.24) is 10.2 Å². The summed E-state index contributed by atoms with van der Waals surface area (Å²) < 4.78 is 0. The van der Waals surface area contributed by atoms with Crippen LogP contribution in [0.15, 0.2) is 24.3 Å². The Morgan fingerprint density at radius 2 is 2.00 bits per heavy atom. The van der Waals surface area contributed by atoms with E-state index in [1.54, 1.807) is 0 Å². The lowest BCUT2D eigenvalue weighted by atomic mass is 10.0. The number of likely N-dealkylation sites (N-methyl/N-ethyl adjacent to an activating group) is 2. The van der Waals surface area contributed by atoms with Gasteiger partial charge in [-0.15, -0.1) is 0 Å². The van der Waals surface area contributed by atoms with Gasteiger partial charge in [-0.2, -0.15) is 0 Å². The summed E-state index contributed by atoms with van der Waals surface area (Å²) in [5, 5.41) is 3.71. The fourth-order valence-electron chi connectivity index (χ4n) is 3.53. The zero-order valence-corrected chi connectivity index (χ0v) is 13.4. The highest BCUT2D eigenvalue weighted by Gasteiger charge is 2.26. The smallest absolute Gasteiger partial charge is 0.0249 e. The number of benzene rings is 1. The van der Waals surface area contributed by atoms with E-state index >= 15 is 0 Å². The maximum atomic E-state index is 3.71. The molecule has 2 rings (SSSR count). The predicted molar refractivity (Wildman–Crippen MR) is 87.0 cm³/mol. The quantitative estimate of drug-likeness (QED) is 0.823. The van der Waals surface area contributed by atoms with E-state index in [1.807, 2.05) is 0 Å². The van der Waals surface area contributed by atoms with Crippen molar-refractivity contribution in [2.75, 3.05) is 13.6 Å². The third-order valence-electron chi connectivity index (χ3n) is 4.53. The van der Waals surface area contributed by atoms with E-state index in [0.29, 0.717) is 12.1 Å². The molecule has 1 fully saturated rings. The number of aryl methyl sites for hydroxylation is 1. The van der Waals surface area contributed by atoms with Gasteiger partial charge < -0.3 is 5.32 Å². The molecule has 0 bridgehead atoms. The Labute approximate surface area is 124 Å². The maximum Gasteiger partial charge on any atom is 0.0249 e. The molecule has 2 atom stereocenters. The summed E-state index contributed by atoms with van der Waals surface area (Å²) in [4.78, 5) is 2.56. The van der Waals surface area contributed by atoms with Gasteiger partial charge in [0.2, 0.25) is 0 Å². The average Bonchev–Trinajstić information content (AvgIpc) is 2.65. The van der Waals surface area contributed by atoms with E-state index in [1.165, 1.54) is 43.2 Å². The molecule has 0 aliphatic heterocycles. The fourth-order valence-corrected chi connectivity index (χ4v) is 3.53. The largest absolute Gasteiger partial charge is 0.313 e. The fraction of sp³-hybridized carbons (Fsp3) is 0.667. The third kappa shape index (κ3) is 4.32. The lowest BCUT2D eigenvalue weighted by Gasteiger charge is -2.34. The first-order valence-electron chi connectivity index (χ1n) is 8.20. The molecule has 2 heteroatoms. The summed E-state index contributed by atoms with van der Waals surface area (Å²) in [5.74, 6) is 0. The minimum absolute atomic E-state index is 0.664. The van der Waals surface area contributed by atoms with Gasteiger partial charge in [0.05, 0.1) is 0 Å². The molecule has 1 saturated carbocycles. The molecule has 20 heavy (non-hydrogen) atoms. The van der Waals surface area contributed by atoms with E-state index in [0.717, 1.165) is 13.1 Å². The third-order valence-corrected chi connectivity index (χ3v) is 4.53. The molecular formula is C18H30N2.